The van der Waals surface area contributed by atoms with Gasteiger partial charge in [0.05, 0.1) is 16.5 Å². The van der Waals surface area contributed by atoms with Crippen molar-refractivity contribution in [3.63, 3.8) is 0 Å². The van der Waals surface area contributed by atoms with Crippen molar-refractivity contribution in [1.82, 2.24) is 0 Å². The Hall–Kier alpha value is -0.510. The Labute approximate surface area is 85.4 Å². The van der Waals surface area contributed by atoms with Crippen LogP contribution >= 0.6 is 22.9 Å². The minimum atomic E-state index is -0.685. The van der Waals surface area contributed by atoms with Crippen molar-refractivity contribution in [2.45, 2.75) is 12.5 Å². The van der Waals surface area contributed by atoms with Crippen LogP contribution in [0, 0.1) is 0 Å². The van der Waals surface area contributed by atoms with E-state index in [-0.39, 0.29) is 0 Å². The molecule has 0 amide bonds. The summed E-state index contributed by atoms with van der Waals surface area (Å²) in [7, 11) is 0. The number of ether oxygens (including phenoxy) is 1. The molecule has 13 heavy (non-hydrogen) atoms. The fourth-order valence-corrected chi connectivity index (χ4v) is 2.41. The molecule has 2 nitrogen and oxygen atoms in total. The molecule has 0 aliphatic carbocycles. The van der Waals surface area contributed by atoms with Crippen molar-refractivity contribution in [2.75, 3.05) is 6.61 Å². The minimum Gasteiger partial charge on any atom is -0.495 e. The lowest BCUT2D eigenvalue weighted by molar-refractivity contribution is 0.121. The van der Waals surface area contributed by atoms with Crippen LogP contribution in [0.3, 0.4) is 0 Å². The second-order valence-electron chi connectivity index (χ2n) is 2.78. The number of hydrogen-bond donors (Lipinski definition) is 1. The molecule has 0 saturated carbocycles. The fourth-order valence-electron chi connectivity index (χ4n) is 1.26. The number of aliphatic hydroxyl groups is 1. The predicted octanol–water partition coefficient (Wildman–Crippen LogP) is 2.74. The third-order valence-corrected chi connectivity index (χ3v) is 3.31. The van der Waals surface area contributed by atoms with E-state index in [1.54, 1.807) is 6.07 Å². The van der Waals surface area contributed by atoms with Crippen molar-refractivity contribution < 1.29 is 9.84 Å². The Morgan fingerprint density at radius 2 is 2.46 bits per heavy atom. The smallest absolute Gasteiger partial charge is 0.146 e. The lowest BCUT2D eigenvalue weighted by Crippen LogP contribution is -2.00. The maximum absolute atomic E-state index is 9.82. The quantitative estimate of drug-likeness (QED) is 0.824. The Kier molecular flexibility index (Phi) is 2.58. The molecule has 0 spiro atoms. The van der Waals surface area contributed by atoms with Gasteiger partial charge in [-0.25, -0.2) is 0 Å². The highest BCUT2D eigenvalue weighted by molar-refractivity contribution is 7.10. The third-order valence-electron chi connectivity index (χ3n) is 1.89. The summed E-state index contributed by atoms with van der Waals surface area (Å²) in [6.45, 7) is 0.662. The third kappa shape index (κ3) is 1.73. The molecule has 1 atom stereocenters. The van der Waals surface area contributed by atoms with Gasteiger partial charge in [-0.1, -0.05) is 11.6 Å². The molecule has 1 aliphatic rings. The highest BCUT2D eigenvalue weighted by Crippen LogP contribution is 2.34. The fraction of sp³-hybridized carbons (Fsp3) is 0.333. The van der Waals surface area contributed by atoms with Crippen LogP contribution in [0.15, 0.2) is 23.3 Å². The van der Waals surface area contributed by atoms with E-state index in [1.165, 1.54) is 11.3 Å². The van der Waals surface area contributed by atoms with Crippen LogP contribution in [-0.4, -0.2) is 11.7 Å². The van der Waals surface area contributed by atoms with Crippen molar-refractivity contribution in [3.8, 4) is 0 Å². The summed E-state index contributed by atoms with van der Waals surface area (Å²) in [6, 6.07) is 1.78. The molecule has 2 rings (SSSR count). The minimum absolute atomic E-state index is 0.605. The predicted molar refractivity (Wildman–Crippen MR) is 52.9 cm³/mol. The summed E-state index contributed by atoms with van der Waals surface area (Å²) in [5, 5.41) is 12.3. The van der Waals surface area contributed by atoms with Gasteiger partial charge in [0.25, 0.3) is 0 Å². The lowest BCUT2D eigenvalue weighted by Gasteiger charge is -2.10. The molecule has 1 aliphatic heterocycles. The normalized spacial score (nSPS) is 18.2. The summed E-state index contributed by atoms with van der Waals surface area (Å²) in [5.74, 6) is 0.629. The molecule has 1 N–H and O–H groups in total. The molecule has 4 heteroatoms. The zero-order valence-electron chi connectivity index (χ0n) is 6.87. The summed E-state index contributed by atoms with van der Waals surface area (Å²) in [6.07, 6.45) is 2.09. The van der Waals surface area contributed by atoms with Gasteiger partial charge in [0.15, 0.2) is 0 Å². The van der Waals surface area contributed by atoms with Crippen LogP contribution in [0.4, 0.5) is 0 Å². The van der Waals surface area contributed by atoms with Gasteiger partial charge in [0, 0.05) is 6.42 Å². The van der Waals surface area contributed by atoms with Gasteiger partial charge in [-0.05, 0) is 17.5 Å². The van der Waals surface area contributed by atoms with E-state index in [1.807, 2.05) is 11.5 Å². The number of hydrogen-bond acceptors (Lipinski definition) is 3. The maximum Gasteiger partial charge on any atom is 0.146 e. The number of thiophene rings is 1. The molecular formula is C9H9ClO2S. The van der Waals surface area contributed by atoms with Gasteiger partial charge < -0.3 is 9.84 Å². The standard InChI is InChI=1S/C9H9ClO2S/c10-6-3-5-13-9(6)8(11)7-2-1-4-12-7/h2-3,5,8,11H,1,4H2. The maximum atomic E-state index is 9.82. The SMILES string of the molecule is OC(C1=CCCO1)c1sccc1Cl. The summed E-state index contributed by atoms with van der Waals surface area (Å²) >= 11 is 7.32. The first kappa shape index (κ1) is 9.06. The second kappa shape index (κ2) is 3.70. The highest BCUT2D eigenvalue weighted by atomic mass is 35.5. The van der Waals surface area contributed by atoms with Gasteiger partial charge in [-0.2, -0.15) is 0 Å². The Morgan fingerprint density at radius 1 is 1.62 bits per heavy atom. The highest BCUT2D eigenvalue weighted by Gasteiger charge is 2.21. The molecular weight excluding hydrogens is 208 g/mol. The Morgan fingerprint density at radius 3 is 3.00 bits per heavy atom. The van der Waals surface area contributed by atoms with E-state index in [4.69, 9.17) is 16.3 Å². The number of halogens is 1. The van der Waals surface area contributed by atoms with E-state index in [0.717, 1.165) is 11.3 Å². The van der Waals surface area contributed by atoms with Crippen molar-refractivity contribution in [3.05, 3.63) is 33.2 Å². The van der Waals surface area contributed by atoms with Crippen LogP contribution in [0.1, 0.15) is 17.4 Å². The van der Waals surface area contributed by atoms with E-state index in [9.17, 15) is 5.11 Å². The zero-order valence-corrected chi connectivity index (χ0v) is 8.44. The first-order valence-corrected chi connectivity index (χ1v) is 5.28. The van der Waals surface area contributed by atoms with Crippen LogP contribution in [-0.2, 0) is 4.74 Å². The van der Waals surface area contributed by atoms with Crippen LogP contribution in [0.25, 0.3) is 0 Å². The van der Waals surface area contributed by atoms with Gasteiger partial charge in [-0.3, -0.25) is 0 Å². The van der Waals surface area contributed by atoms with E-state index in [2.05, 4.69) is 0 Å². The molecule has 70 valence electrons. The Balaban J connectivity index is 2.21. The molecule has 1 unspecified atom stereocenters. The first-order chi connectivity index (χ1) is 6.29. The lowest BCUT2D eigenvalue weighted by atomic mass is 10.2. The number of aliphatic hydroxyl groups excluding tert-OH is 1. The van der Waals surface area contributed by atoms with E-state index < -0.39 is 6.10 Å². The van der Waals surface area contributed by atoms with E-state index in [0.29, 0.717) is 17.4 Å². The molecule has 0 bridgehead atoms. The average Bonchev–Trinajstić information content (AvgIpc) is 2.72. The summed E-state index contributed by atoms with van der Waals surface area (Å²) in [5.41, 5.74) is 0. The summed E-state index contributed by atoms with van der Waals surface area (Å²) in [4.78, 5) is 0.759. The monoisotopic (exact) mass is 216 g/mol. The Bertz CT molecular complexity index is 332. The average molecular weight is 217 g/mol. The number of rotatable bonds is 2. The van der Waals surface area contributed by atoms with Crippen LogP contribution < -0.4 is 0 Å². The topological polar surface area (TPSA) is 29.5 Å². The molecule has 1 aromatic rings. The summed E-state index contributed by atoms with van der Waals surface area (Å²) < 4.78 is 5.25. The van der Waals surface area contributed by atoms with Crippen molar-refractivity contribution in [2.24, 2.45) is 0 Å². The van der Waals surface area contributed by atoms with Crippen molar-refractivity contribution >= 4 is 22.9 Å². The van der Waals surface area contributed by atoms with Gasteiger partial charge in [0.2, 0.25) is 0 Å². The van der Waals surface area contributed by atoms with Crippen LogP contribution in [0.2, 0.25) is 5.02 Å². The molecule has 0 radical (unpaired) electrons. The van der Waals surface area contributed by atoms with Crippen molar-refractivity contribution in [1.29, 1.82) is 0 Å². The first-order valence-electron chi connectivity index (χ1n) is 4.03. The molecule has 0 fully saturated rings. The van der Waals surface area contributed by atoms with E-state index >= 15 is 0 Å². The molecule has 0 aromatic carbocycles. The van der Waals surface area contributed by atoms with Gasteiger partial charge >= 0.3 is 0 Å². The zero-order chi connectivity index (χ0) is 9.26. The molecule has 1 aromatic heterocycles. The van der Waals surface area contributed by atoms with Gasteiger partial charge in [-0.15, -0.1) is 11.3 Å². The van der Waals surface area contributed by atoms with Crippen LogP contribution in [0.5, 0.6) is 0 Å². The van der Waals surface area contributed by atoms with Gasteiger partial charge in [0.1, 0.15) is 11.9 Å². The largest absolute Gasteiger partial charge is 0.495 e. The second-order valence-corrected chi connectivity index (χ2v) is 4.13. The molecule has 0 saturated heterocycles. The molecule has 2 heterocycles.